The summed E-state index contributed by atoms with van der Waals surface area (Å²) < 4.78 is 15.7. The van der Waals surface area contributed by atoms with Crippen LogP contribution >= 0.6 is 0 Å². The van der Waals surface area contributed by atoms with E-state index in [1.54, 1.807) is 26.4 Å². The Balaban J connectivity index is 2.42. The van der Waals surface area contributed by atoms with Crippen LogP contribution < -0.4 is 9.47 Å². The van der Waals surface area contributed by atoms with Gasteiger partial charge in [-0.1, -0.05) is 25.8 Å². The molecule has 1 aliphatic rings. The van der Waals surface area contributed by atoms with Gasteiger partial charge >= 0.3 is 6.09 Å². The molecule has 6 nitrogen and oxygen atoms in total. The molecule has 0 saturated carbocycles. The molecule has 1 aliphatic heterocycles. The third-order valence-corrected chi connectivity index (χ3v) is 3.99. The average molecular weight is 321 g/mol. The Morgan fingerprint density at radius 1 is 1.30 bits per heavy atom. The maximum absolute atomic E-state index is 12.9. The first-order chi connectivity index (χ1) is 11.1. The van der Waals surface area contributed by atoms with Crippen LogP contribution in [0.5, 0.6) is 11.5 Å². The number of methoxy groups -OCH3 is 2. The number of imide groups is 1. The van der Waals surface area contributed by atoms with Crippen molar-refractivity contribution < 1.29 is 23.8 Å². The lowest BCUT2D eigenvalue weighted by atomic mass is 9.90. The fourth-order valence-corrected chi connectivity index (χ4v) is 2.80. The Bertz CT molecular complexity index is 550. The van der Waals surface area contributed by atoms with Gasteiger partial charge in [0.25, 0.3) is 0 Å². The molecule has 1 atom stereocenters. The van der Waals surface area contributed by atoms with Gasteiger partial charge in [-0.15, -0.1) is 0 Å². The molecule has 0 N–H and O–H groups in total. The maximum Gasteiger partial charge on any atom is 0.416 e. The molecule has 6 heteroatoms. The first kappa shape index (κ1) is 17.1. The van der Waals surface area contributed by atoms with Crippen molar-refractivity contribution in [2.24, 2.45) is 0 Å². The van der Waals surface area contributed by atoms with E-state index < -0.39 is 12.0 Å². The van der Waals surface area contributed by atoms with E-state index in [9.17, 15) is 9.59 Å². The molecule has 126 valence electrons. The highest BCUT2D eigenvalue weighted by Crippen LogP contribution is 2.39. The van der Waals surface area contributed by atoms with Crippen LogP contribution in [0.2, 0.25) is 0 Å². The SMILES string of the molecule is CCCCC(C(=O)N1CCOC1=O)c1c(OC)cccc1OC. The number of carbonyl (C=O) groups excluding carboxylic acids is 2. The quantitative estimate of drug-likeness (QED) is 0.772. The van der Waals surface area contributed by atoms with Crippen LogP contribution in [-0.4, -0.2) is 44.3 Å². The molecule has 0 aliphatic carbocycles. The van der Waals surface area contributed by atoms with Gasteiger partial charge in [0.05, 0.1) is 26.7 Å². The molecule has 1 heterocycles. The zero-order valence-corrected chi connectivity index (χ0v) is 13.8. The van der Waals surface area contributed by atoms with E-state index in [1.165, 1.54) is 4.90 Å². The van der Waals surface area contributed by atoms with Crippen LogP contribution in [0.4, 0.5) is 4.79 Å². The van der Waals surface area contributed by atoms with Crippen molar-refractivity contribution in [1.29, 1.82) is 0 Å². The molecule has 23 heavy (non-hydrogen) atoms. The normalized spacial score (nSPS) is 15.3. The summed E-state index contributed by atoms with van der Waals surface area (Å²) in [6.07, 6.45) is 1.85. The van der Waals surface area contributed by atoms with E-state index in [2.05, 4.69) is 6.92 Å². The predicted octanol–water partition coefficient (Wildman–Crippen LogP) is 2.96. The highest BCUT2D eigenvalue weighted by Gasteiger charge is 2.36. The van der Waals surface area contributed by atoms with Gasteiger partial charge in [0, 0.05) is 5.56 Å². The van der Waals surface area contributed by atoms with Crippen molar-refractivity contribution in [1.82, 2.24) is 4.90 Å². The topological polar surface area (TPSA) is 65.1 Å². The number of nitrogens with zero attached hydrogens (tertiary/aromatic N) is 1. The van der Waals surface area contributed by atoms with Gasteiger partial charge in [-0.2, -0.15) is 0 Å². The van der Waals surface area contributed by atoms with E-state index >= 15 is 0 Å². The highest BCUT2D eigenvalue weighted by atomic mass is 16.6. The number of benzene rings is 1. The van der Waals surface area contributed by atoms with Gasteiger partial charge in [-0.05, 0) is 18.6 Å². The van der Waals surface area contributed by atoms with Gasteiger partial charge < -0.3 is 14.2 Å². The Kier molecular flexibility index (Phi) is 5.84. The van der Waals surface area contributed by atoms with E-state index in [0.29, 0.717) is 23.5 Å². The molecule has 0 aromatic heterocycles. The summed E-state index contributed by atoms with van der Waals surface area (Å²) in [5.41, 5.74) is 0.690. The van der Waals surface area contributed by atoms with E-state index in [0.717, 1.165) is 12.8 Å². The Hall–Kier alpha value is -2.24. The molecule has 2 rings (SSSR count). The molecule has 2 amide bonds. The third kappa shape index (κ3) is 3.57. The standard InChI is InChI=1S/C17H23NO5/c1-4-5-7-12(16(19)18-10-11-23-17(18)20)15-13(21-2)8-6-9-14(15)22-3/h6,8-9,12H,4-5,7,10-11H2,1-3H3. The van der Waals surface area contributed by atoms with Gasteiger partial charge in [-0.25, -0.2) is 9.69 Å². The first-order valence-electron chi connectivity index (χ1n) is 7.83. The Morgan fingerprint density at radius 2 is 1.96 bits per heavy atom. The molecular weight excluding hydrogens is 298 g/mol. The highest BCUT2D eigenvalue weighted by molar-refractivity contribution is 5.97. The number of hydrogen-bond acceptors (Lipinski definition) is 5. The largest absolute Gasteiger partial charge is 0.496 e. The molecule has 1 aromatic carbocycles. The van der Waals surface area contributed by atoms with Gasteiger partial charge in [-0.3, -0.25) is 4.79 Å². The van der Waals surface area contributed by atoms with Crippen LogP contribution in [0, 0.1) is 0 Å². The summed E-state index contributed by atoms with van der Waals surface area (Å²) in [6.45, 7) is 2.59. The van der Waals surface area contributed by atoms with Crippen molar-refractivity contribution in [2.45, 2.75) is 32.1 Å². The number of amides is 2. The molecule has 0 radical (unpaired) electrons. The van der Waals surface area contributed by atoms with Crippen LogP contribution in [0.25, 0.3) is 0 Å². The minimum Gasteiger partial charge on any atom is -0.496 e. The molecule has 0 bridgehead atoms. The van der Waals surface area contributed by atoms with Crippen molar-refractivity contribution in [3.05, 3.63) is 23.8 Å². The number of carbonyl (C=O) groups is 2. The van der Waals surface area contributed by atoms with Gasteiger partial charge in [0.1, 0.15) is 18.1 Å². The zero-order valence-electron chi connectivity index (χ0n) is 13.8. The lowest BCUT2D eigenvalue weighted by Crippen LogP contribution is -2.36. The summed E-state index contributed by atoms with van der Waals surface area (Å²) >= 11 is 0. The first-order valence-corrected chi connectivity index (χ1v) is 7.83. The van der Waals surface area contributed by atoms with Crippen LogP contribution in [-0.2, 0) is 9.53 Å². The van der Waals surface area contributed by atoms with Crippen molar-refractivity contribution in [3.8, 4) is 11.5 Å². The van der Waals surface area contributed by atoms with E-state index in [4.69, 9.17) is 14.2 Å². The monoisotopic (exact) mass is 321 g/mol. The van der Waals surface area contributed by atoms with Gasteiger partial charge in [0.2, 0.25) is 5.91 Å². The molecule has 1 unspecified atom stereocenters. The van der Waals surface area contributed by atoms with Crippen LogP contribution in [0.1, 0.15) is 37.7 Å². The van der Waals surface area contributed by atoms with Gasteiger partial charge in [0.15, 0.2) is 0 Å². The smallest absolute Gasteiger partial charge is 0.416 e. The fourth-order valence-electron chi connectivity index (χ4n) is 2.80. The second kappa shape index (κ2) is 7.85. The molecular formula is C17H23NO5. The summed E-state index contributed by atoms with van der Waals surface area (Å²) in [5, 5.41) is 0. The second-order valence-electron chi connectivity index (χ2n) is 5.38. The predicted molar refractivity (Wildman–Crippen MR) is 84.9 cm³/mol. The Morgan fingerprint density at radius 3 is 2.43 bits per heavy atom. The number of hydrogen-bond donors (Lipinski definition) is 0. The third-order valence-electron chi connectivity index (χ3n) is 3.99. The van der Waals surface area contributed by atoms with Crippen LogP contribution in [0.15, 0.2) is 18.2 Å². The summed E-state index contributed by atoms with van der Waals surface area (Å²) in [7, 11) is 3.12. The molecule has 0 spiro atoms. The fraction of sp³-hybridized carbons (Fsp3) is 0.529. The average Bonchev–Trinajstić information content (AvgIpc) is 3.00. The lowest BCUT2D eigenvalue weighted by Gasteiger charge is -2.24. The minimum absolute atomic E-state index is 0.244. The van der Waals surface area contributed by atoms with Crippen molar-refractivity contribution in [2.75, 3.05) is 27.4 Å². The zero-order chi connectivity index (χ0) is 16.8. The molecule has 1 saturated heterocycles. The van der Waals surface area contributed by atoms with Crippen molar-refractivity contribution >= 4 is 12.0 Å². The maximum atomic E-state index is 12.9. The number of cyclic esters (lactones) is 1. The number of rotatable bonds is 7. The summed E-state index contributed by atoms with van der Waals surface area (Å²) in [5.74, 6) is 0.424. The summed E-state index contributed by atoms with van der Waals surface area (Å²) in [4.78, 5) is 25.8. The number of ether oxygens (including phenoxy) is 3. The molecule has 1 fully saturated rings. The van der Waals surface area contributed by atoms with Crippen LogP contribution in [0.3, 0.4) is 0 Å². The Labute approximate surface area is 136 Å². The second-order valence-corrected chi connectivity index (χ2v) is 5.38. The van der Waals surface area contributed by atoms with E-state index in [-0.39, 0.29) is 19.1 Å². The minimum atomic E-state index is -0.578. The van der Waals surface area contributed by atoms with Crippen molar-refractivity contribution in [3.63, 3.8) is 0 Å². The molecule has 1 aromatic rings. The number of unbranched alkanes of at least 4 members (excludes halogenated alkanes) is 1. The summed E-state index contributed by atoms with van der Waals surface area (Å²) in [6, 6.07) is 5.41. The van der Waals surface area contributed by atoms with E-state index in [1.807, 2.05) is 6.07 Å². The lowest BCUT2D eigenvalue weighted by molar-refractivity contribution is -0.129.